The number of ether oxygens (including phenoxy) is 1. The molecule has 0 spiro atoms. The molecule has 1 amide bonds. The van der Waals surface area contributed by atoms with Gasteiger partial charge < -0.3 is 4.74 Å². The van der Waals surface area contributed by atoms with Gasteiger partial charge in [0.25, 0.3) is 15.9 Å². The maximum absolute atomic E-state index is 13.4. The molecule has 0 aliphatic rings. The number of carbonyl (C=O) groups is 1. The van der Waals surface area contributed by atoms with Crippen LogP contribution in [0.2, 0.25) is 0 Å². The van der Waals surface area contributed by atoms with Crippen molar-refractivity contribution in [2.24, 2.45) is 5.10 Å². The van der Waals surface area contributed by atoms with E-state index in [4.69, 9.17) is 4.74 Å². The van der Waals surface area contributed by atoms with Gasteiger partial charge in [0, 0.05) is 0 Å². The van der Waals surface area contributed by atoms with Crippen LogP contribution < -0.4 is 14.5 Å². The third-order valence-corrected chi connectivity index (χ3v) is 7.04. The number of anilines is 1. The van der Waals surface area contributed by atoms with Gasteiger partial charge in [-0.05, 0) is 86.0 Å². The van der Waals surface area contributed by atoms with Gasteiger partial charge in [0.15, 0.2) is 0 Å². The van der Waals surface area contributed by atoms with Crippen LogP contribution in [0.15, 0.2) is 82.8 Å². The average molecular weight is 466 g/mol. The highest BCUT2D eigenvalue weighted by Gasteiger charge is 2.27. The molecule has 3 aromatic rings. The Balaban J connectivity index is 1.86. The Morgan fingerprint density at radius 3 is 2.24 bits per heavy atom. The maximum Gasteiger partial charge on any atom is 0.264 e. The smallest absolute Gasteiger partial charge is 0.264 e. The third-order valence-electron chi connectivity index (χ3n) is 5.25. The topological polar surface area (TPSA) is 88.1 Å². The zero-order valence-corrected chi connectivity index (χ0v) is 19.9. The number of aryl methyl sites for hydroxylation is 2. The molecule has 0 aromatic heterocycles. The minimum atomic E-state index is -3.97. The second-order valence-electron chi connectivity index (χ2n) is 7.55. The van der Waals surface area contributed by atoms with Gasteiger partial charge in [-0.1, -0.05) is 24.3 Å². The van der Waals surface area contributed by atoms with Crippen molar-refractivity contribution in [1.29, 1.82) is 0 Å². The lowest BCUT2D eigenvalue weighted by molar-refractivity contribution is -0.119. The van der Waals surface area contributed by atoms with Gasteiger partial charge in [0.2, 0.25) is 0 Å². The van der Waals surface area contributed by atoms with Gasteiger partial charge in [-0.2, -0.15) is 5.10 Å². The van der Waals surface area contributed by atoms with Crippen LogP contribution in [0.3, 0.4) is 0 Å². The van der Waals surface area contributed by atoms with Crippen molar-refractivity contribution in [3.05, 3.63) is 89.5 Å². The van der Waals surface area contributed by atoms with Gasteiger partial charge >= 0.3 is 0 Å². The standard InChI is InChI=1S/C25H27N3O4S/c1-18-10-13-22(16-19(18)2)28(33(30,31)24-8-6-5-7-9-24)17-25(29)27-26-20(3)21-11-14-23(32-4)15-12-21/h5-16H,17H2,1-4H3,(H,27,29). The van der Waals surface area contributed by atoms with E-state index in [9.17, 15) is 13.2 Å². The number of benzene rings is 3. The van der Waals surface area contributed by atoms with Crippen molar-refractivity contribution in [3.8, 4) is 5.75 Å². The summed E-state index contributed by atoms with van der Waals surface area (Å²) in [6.45, 7) is 5.18. The molecular formula is C25H27N3O4S. The molecule has 0 bridgehead atoms. The van der Waals surface area contributed by atoms with Crippen molar-refractivity contribution in [1.82, 2.24) is 5.43 Å². The summed E-state index contributed by atoms with van der Waals surface area (Å²) < 4.78 is 33.0. The first kappa shape index (κ1) is 24.0. The Labute approximate surface area is 194 Å². The summed E-state index contributed by atoms with van der Waals surface area (Å²) in [7, 11) is -2.38. The van der Waals surface area contributed by atoms with E-state index in [2.05, 4.69) is 10.5 Å². The molecule has 1 N–H and O–H groups in total. The zero-order valence-electron chi connectivity index (χ0n) is 19.1. The number of carbonyl (C=O) groups excluding carboxylic acids is 1. The summed E-state index contributed by atoms with van der Waals surface area (Å²) >= 11 is 0. The Morgan fingerprint density at radius 2 is 1.64 bits per heavy atom. The van der Waals surface area contributed by atoms with Crippen molar-refractivity contribution in [2.75, 3.05) is 18.0 Å². The lowest BCUT2D eigenvalue weighted by atomic mass is 10.1. The predicted octanol–water partition coefficient (Wildman–Crippen LogP) is 4.05. The first-order chi connectivity index (χ1) is 15.7. The summed E-state index contributed by atoms with van der Waals surface area (Å²) in [6, 6.07) is 20.6. The van der Waals surface area contributed by atoms with Gasteiger partial charge in [0.05, 0.1) is 23.4 Å². The van der Waals surface area contributed by atoms with E-state index in [-0.39, 0.29) is 4.90 Å². The van der Waals surface area contributed by atoms with Crippen LogP contribution in [0.25, 0.3) is 0 Å². The highest BCUT2D eigenvalue weighted by atomic mass is 32.2. The van der Waals surface area contributed by atoms with Crippen LogP contribution in [0, 0.1) is 13.8 Å². The summed E-state index contributed by atoms with van der Waals surface area (Å²) in [5.74, 6) is 0.159. The first-order valence-electron chi connectivity index (χ1n) is 10.3. The van der Waals surface area contributed by atoms with Gasteiger partial charge in [-0.15, -0.1) is 0 Å². The largest absolute Gasteiger partial charge is 0.497 e. The van der Waals surface area contributed by atoms with Gasteiger partial charge in [-0.3, -0.25) is 9.10 Å². The number of hydrogen-bond donors (Lipinski definition) is 1. The summed E-state index contributed by atoms with van der Waals surface area (Å²) in [5.41, 5.74) is 6.22. The molecule has 8 heteroatoms. The molecular weight excluding hydrogens is 438 g/mol. The monoisotopic (exact) mass is 465 g/mol. The Bertz CT molecular complexity index is 1250. The molecule has 3 aromatic carbocycles. The summed E-state index contributed by atoms with van der Waals surface area (Å²) in [4.78, 5) is 12.9. The maximum atomic E-state index is 13.4. The molecule has 0 atom stereocenters. The molecule has 0 unspecified atom stereocenters. The third kappa shape index (κ3) is 5.78. The number of nitrogens with one attached hydrogen (secondary N) is 1. The normalized spacial score (nSPS) is 11.7. The SMILES string of the molecule is COc1ccc(C(C)=NNC(=O)CN(c2ccc(C)c(C)c2)S(=O)(=O)c2ccccc2)cc1. The Morgan fingerprint density at radius 1 is 0.970 bits per heavy atom. The molecule has 0 fully saturated rings. The van der Waals surface area contributed by atoms with E-state index in [1.165, 1.54) is 12.1 Å². The molecule has 3 rings (SSSR count). The van der Waals surface area contributed by atoms with E-state index < -0.39 is 22.5 Å². The van der Waals surface area contributed by atoms with Crippen molar-refractivity contribution < 1.29 is 17.9 Å². The fraction of sp³-hybridized carbons (Fsp3) is 0.200. The molecule has 0 saturated carbocycles. The van der Waals surface area contributed by atoms with Gasteiger partial charge in [-0.25, -0.2) is 13.8 Å². The lowest BCUT2D eigenvalue weighted by Crippen LogP contribution is -2.39. The van der Waals surface area contributed by atoms with E-state index >= 15 is 0 Å². The lowest BCUT2D eigenvalue weighted by Gasteiger charge is -2.24. The summed E-state index contributed by atoms with van der Waals surface area (Å²) in [5, 5.41) is 4.14. The highest BCUT2D eigenvalue weighted by Crippen LogP contribution is 2.25. The van der Waals surface area contributed by atoms with Crippen molar-refractivity contribution in [3.63, 3.8) is 0 Å². The molecule has 7 nitrogen and oxygen atoms in total. The molecule has 0 saturated heterocycles. The second-order valence-corrected chi connectivity index (χ2v) is 9.42. The predicted molar refractivity (Wildman–Crippen MR) is 130 cm³/mol. The Hall–Kier alpha value is -3.65. The molecule has 172 valence electrons. The van der Waals surface area contributed by atoms with E-state index in [1.54, 1.807) is 56.5 Å². The molecule has 0 aliphatic heterocycles. The highest BCUT2D eigenvalue weighted by molar-refractivity contribution is 7.92. The molecule has 0 radical (unpaired) electrons. The summed E-state index contributed by atoms with van der Waals surface area (Å²) in [6.07, 6.45) is 0. The van der Waals surface area contributed by atoms with Crippen molar-refractivity contribution >= 4 is 27.3 Å². The van der Waals surface area contributed by atoms with Crippen molar-refractivity contribution in [2.45, 2.75) is 25.7 Å². The van der Waals surface area contributed by atoms with E-state index in [0.29, 0.717) is 17.1 Å². The first-order valence-corrected chi connectivity index (χ1v) is 11.8. The van der Waals surface area contributed by atoms with Crippen LogP contribution in [-0.4, -0.2) is 33.7 Å². The minimum Gasteiger partial charge on any atom is -0.497 e. The number of rotatable bonds is 8. The fourth-order valence-electron chi connectivity index (χ4n) is 3.12. The fourth-order valence-corrected chi connectivity index (χ4v) is 4.56. The molecule has 33 heavy (non-hydrogen) atoms. The number of hydrogen-bond acceptors (Lipinski definition) is 5. The average Bonchev–Trinajstić information content (AvgIpc) is 2.83. The Kier molecular flexibility index (Phi) is 7.50. The second kappa shape index (κ2) is 10.3. The number of sulfonamides is 1. The molecule has 0 aliphatic carbocycles. The molecule has 0 heterocycles. The van der Waals surface area contributed by atoms with Crippen LogP contribution in [-0.2, 0) is 14.8 Å². The number of methoxy groups -OCH3 is 1. The zero-order chi connectivity index (χ0) is 24.0. The van der Waals surface area contributed by atoms with Crippen LogP contribution in [0.5, 0.6) is 5.75 Å². The van der Waals surface area contributed by atoms with Gasteiger partial charge in [0.1, 0.15) is 12.3 Å². The van der Waals surface area contributed by atoms with E-state index in [1.807, 2.05) is 32.0 Å². The minimum absolute atomic E-state index is 0.106. The van der Waals surface area contributed by atoms with Crippen LogP contribution in [0.1, 0.15) is 23.6 Å². The number of nitrogens with zero attached hydrogens (tertiary/aromatic N) is 2. The van der Waals surface area contributed by atoms with Crippen LogP contribution in [0.4, 0.5) is 5.69 Å². The van der Waals surface area contributed by atoms with Crippen LogP contribution >= 0.6 is 0 Å². The van der Waals surface area contributed by atoms with E-state index in [0.717, 1.165) is 21.0 Å². The quantitative estimate of drug-likeness (QED) is 0.402. The number of amides is 1. The number of hydrazone groups is 1.